The second-order valence-electron chi connectivity index (χ2n) is 12.4. The van der Waals surface area contributed by atoms with E-state index in [1.807, 2.05) is 0 Å². The van der Waals surface area contributed by atoms with Crippen LogP contribution in [0.3, 0.4) is 0 Å². The number of hydrogen-bond acceptors (Lipinski definition) is 4. The highest BCUT2D eigenvalue weighted by Crippen LogP contribution is 2.22. The Hall–Kier alpha value is -0.160. The maximum Gasteiger partial charge on any atom is 0.0483 e. The van der Waals surface area contributed by atoms with Gasteiger partial charge in [0, 0.05) is 45.2 Å². The van der Waals surface area contributed by atoms with Gasteiger partial charge in [-0.25, -0.2) is 0 Å². The van der Waals surface area contributed by atoms with Gasteiger partial charge in [0.15, 0.2) is 0 Å². The van der Waals surface area contributed by atoms with Crippen LogP contribution in [0.15, 0.2) is 0 Å². The molecule has 2 N–H and O–H groups in total. The minimum absolute atomic E-state index is 0.287. The standard InChI is InChI=1S/C25H53NO3/c1-22(2,3)10-16-27-19-13-25(26,14-20-28-17-11-23(4,5)6)15-21-29-18-12-24(7,8)9/h10-21,26H2,1-9H3. The third kappa shape index (κ3) is 20.9. The molecule has 0 aliphatic rings. The Balaban J connectivity index is 4.33. The van der Waals surface area contributed by atoms with Crippen molar-refractivity contribution in [2.24, 2.45) is 22.0 Å². The van der Waals surface area contributed by atoms with Crippen LogP contribution in [0, 0.1) is 16.2 Å². The molecule has 0 bridgehead atoms. The number of hydrogen-bond donors (Lipinski definition) is 1. The normalized spacial score (nSPS) is 13.9. The monoisotopic (exact) mass is 415 g/mol. The Bertz CT molecular complexity index is 342. The molecule has 0 atom stereocenters. The van der Waals surface area contributed by atoms with Gasteiger partial charge >= 0.3 is 0 Å². The van der Waals surface area contributed by atoms with Gasteiger partial charge in [-0.1, -0.05) is 62.3 Å². The Labute approximate surface area is 182 Å². The summed E-state index contributed by atoms with van der Waals surface area (Å²) in [6, 6.07) is 0. The Morgan fingerprint density at radius 1 is 0.414 bits per heavy atom. The van der Waals surface area contributed by atoms with Gasteiger partial charge in [0.2, 0.25) is 0 Å². The molecule has 0 unspecified atom stereocenters. The largest absolute Gasteiger partial charge is 0.381 e. The van der Waals surface area contributed by atoms with Crippen molar-refractivity contribution in [1.82, 2.24) is 0 Å². The Kier molecular flexibility index (Phi) is 13.2. The van der Waals surface area contributed by atoms with Crippen molar-refractivity contribution in [3.05, 3.63) is 0 Å². The second kappa shape index (κ2) is 13.3. The van der Waals surface area contributed by atoms with Crippen LogP contribution in [-0.4, -0.2) is 45.2 Å². The molecule has 4 nitrogen and oxygen atoms in total. The molecule has 0 spiro atoms. The predicted molar refractivity (Wildman–Crippen MR) is 125 cm³/mol. The number of nitrogens with two attached hydrogens (primary N) is 1. The molecule has 0 saturated heterocycles. The van der Waals surface area contributed by atoms with Crippen LogP contribution in [0.1, 0.15) is 101 Å². The molecule has 0 heterocycles. The molecule has 0 aliphatic heterocycles. The topological polar surface area (TPSA) is 53.7 Å². The first-order valence-corrected chi connectivity index (χ1v) is 11.6. The van der Waals surface area contributed by atoms with E-state index in [0.29, 0.717) is 36.1 Å². The van der Waals surface area contributed by atoms with Crippen molar-refractivity contribution < 1.29 is 14.2 Å². The molecule has 0 aromatic rings. The van der Waals surface area contributed by atoms with Crippen LogP contribution in [0.25, 0.3) is 0 Å². The highest BCUT2D eigenvalue weighted by Gasteiger charge is 2.25. The van der Waals surface area contributed by atoms with E-state index in [1.54, 1.807) is 0 Å². The summed E-state index contributed by atoms with van der Waals surface area (Å²) in [7, 11) is 0. The summed E-state index contributed by atoms with van der Waals surface area (Å²) in [6.07, 6.45) is 5.75. The maximum atomic E-state index is 6.76. The summed E-state index contributed by atoms with van der Waals surface area (Å²) < 4.78 is 17.7. The van der Waals surface area contributed by atoms with Crippen molar-refractivity contribution in [2.75, 3.05) is 39.6 Å². The molecule has 0 aromatic heterocycles. The Morgan fingerprint density at radius 2 is 0.621 bits per heavy atom. The third-order valence-corrected chi connectivity index (χ3v) is 5.22. The van der Waals surface area contributed by atoms with Gasteiger partial charge < -0.3 is 19.9 Å². The van der Waals surface area contributed by atoms with E-state index in [-0.39, 0.29) is 5.54 Å². The van der Waals surface area contributed by atoms with Crippen LogP contribution in [0.4, 0.5) is 0 Å². The van der Waals surface area contributed by atoms with Crippen molar-refractivity contribution in [3.8, 4) is 0 Å². The molecule has 0 rings (SSSR count). The van der Waals surface area contributed by atoms with Gasteiger partial charge in [0.25, 0.3) is 0 Å². The third-order valence-electron chi connectivity index (χ3n) is 5.22. The fraction of sp³-hybridized carbons (Fsp3) is 1.00. The average Bonchev–Trinajstić information content (AvgIpc) is 2.50. The second-order valence-corrected chi connectivity index (χ2v) is 12.4. The van der Waals surface area contributed by atoms with Gasteiger partial charge in [-0.3, -0.25) is 0 Å². The van der Waals surface area contributed by atoms with Crippen LogP contribution in [0.5, 0.6) is 0 Å². The molecule has 0 amide bonds. The van der Waals surface area contributed by atoms with Crippen molar-refractivity contribution >= 4 is 0 Å². The Morgan fingerprint density at radius 3 is 0.828 bits per heavy atom. The fourth-order valence-corrected chi connectivity index (χ4v) is 2.64. The van der Waals surface area contributed by atoms with Gasteiger partial charge in [-0.2, -0.15) is 0 Å². The molecule has 0 aliphatic carbocycles. The molecular weight excluding hydrogens is 362 g/mol. The number of ether oxygens (including phenoxy) is 3. The minimum atomic E-state index is -0.287. The summed E-state index contributed by atoms with van der Waals surface area (Å²) in [4.78, 5) is 0. The van der Waals surface area contributed by atoms with Crippen LogP contribution < -0.4 is 5.73 Å². The van der Waals surface area contributed by atoms with Crippen molar-refractivity contribution in [1.29, 1.82) is 0 Å². The molecule has 176 valence electrons. The first-order valence-electron chi connectivity index (χ1n) is 11.6. The molecule has 0 fully saturated rings. The lowest BCUT2D eigenvalue weighted by Crippen LogP contribution is -2.43. The van der Waals surface area contributed by atoms with Crippen LogP contribution in [0.2, 0.25) is 0 Å². The van der Waals surface area contributed by atoms with E-state index in [0.717, 1.165) is 58.3 Å². The first kappa shape index (κ1) is 28.8. The lowest BCUT2D eigenvalue weighted by Gasteiger charge is -2.30. The maximum absolute atomic E-state index is 6.76. The smallest absolute Gasteiger partial charge is 0.0483 e. The van der Waals surface area contributed by atoms with Gasteiger partial charge in [0.05, 0.1) is 0 Å². The molecule has 0 saturated carbocycles. The number of rotatable bonds is 15. The molecule has 4 heteroatoms. The van der Waals surface area contributed by atoms with Gasteiger partial charge in [-0.15, -0.1) is 0 Å². The molecular formula is C25H53NO3. The van der Waals surface area contributed by atoms with Crippen LogP contribution >= 0.6 is 0 Å². The van der Waals surface area contributed by atoms with E-state index >= 15 is 0 Å². The van der Waals surface area contributed by atoms with Crippen molar-refractivity contribution in [2.45, 2.75) is 106 Å². The van der Waals surface area contributed by atoms with E-state index in [9.17, 15) is 0 Å². The zero-order chi connectivity index (χ0) is 22.6. The van der Waals surface area contributed by atoms with Gasteiger partial charge in [-0.05, 0) is 54.8 Å². The highest BCUT2D eigenvalue weighted by molar-refractivity contribution is 4.84. The zero-order valence-electron chi connectivity index (χ0n) is 21.3. The molecule has 0 radical (unpaired) electrons. The summed E-state index contributed by atoms with van der Waals surface area (Å²) in [5.41, 5.74) is 7.40. The first-order chi connectivity index (χ1) is 13.1. The lowest BCUT2D eigenvalue weighted by atomic mass is 9.89. The van der Waals surface area contributed by atoms with Crippen molar-refractivity contribution in [3.63, 3.8) is 0 Å². The molecule has 29 heavy (non-hydrogen) atoms. The summed E-state index contributed by atoms with van der Waals surface area (Å²) in [5, 5.41) is 0. The van der Waals surface area contributed by atoms with Gasteiger partial charge in [0.1, 0.15) is 0 Å². The minimum Gasteiger partial charge on any atom is -0.381 e. The average molecular weight is 416 g/mol. The molecule has 0 aromatic carbocycles. The highest BCUT2D eigenvalue weighted by atomic mass is 16.5. The summed E-state index contributed by atoms with van der Waals surface area (Å²) in [5.74, 6) is 0. The summed E-state index contributed by atoms with van der Waals surface area (Å²) >= 11 is 0. The van der Waals surface area contributed by atoms with Crippen LogP contribution in [-0.2, 0) is 14.2 Å². The van der Waals surface area contributed by atoms with E-state index < -0.39 is 0 Å². The van der Waals surface area contributed by atoms with E-state index in [4.69, 9.17) is 19.9 Å². The fourth-order valence-electron chi connectivity index (χ4n) is 2.64. The zero-order valence-corrected chi connectivity index (χ0v) is 21.3. The summed E-state index contributed by atoms with van der Waals surface area (Å²) in [6.45, 7) is 24.7. The van der Waals surface area contributed by atoms with E-state index in [2.05, 4.69) is 62.3 Å². The predicted octanol–water partition coefficient (Wildman–Crippen LogP) is 6.21. The lowest BCUT2D eigenvalue weighted by molar-refractivity contribution is 0.0503. The SMILES string of the molecule is CC(C)(C)CCOCCC(N)(CCOCCC(C)(C)C)CCOCCC(C)(C)C. The quantitative estimate of drug-likeness (QED) is 0.323. The van der Waals surface area contributed by atoms with E-state index in [1.165, 1.54) is 0 Å².